The van der Waals surface area contributed by atoms with E-state index in [2.05, 4.69) is 5.32 Å². The van der Waals surface area contributed by atoms with Crippen molar-refractivity contribution in [2.45, 2.75) is 45.1 Å². The lowest BCUT2D eigenvalue weighted by atomic mass is 9.98. The van der Waals surface area contributed by atoms with E-state index in [-0.39, 0.29) is 24.2 Å². The van der Waals surface area contributed by atoms with E-state index < -0.39 is 0 Å². The molecule has 1 amide bonds. The number of carbonyl (C=O) groups excluding carboxylic acids is 1. The zero-order chi connectivity index (χ0) is 14.4. The molecule has 3 N–H and O–H groups in total. The predicted octanol–water partition coefficient (Wildman–Crippen LogP) is 3.35. The second-order valence-electron chi connectivity index (χ2n) is 5.53. The molecular formula is C16H25ClN2O2. The molecule has 0 heterocycles. The van der Waals surface area contributed by atoms with Gasteiger partial charge in [0.25, 0.3) is 0 Å². The third-order valence-electron chi connectivity index (χ3n) is 3.78. The van der Waals surface area contributed by atoms with Crippen LogP contribution < -0.4 is 15.8 Å². The lowest BCUT2D eigenvalue weighted by Crippen LogP contribution is -2.26. The third kappa shape index (κ3) is 5.56. The number of rotatable bonds is 5. The van der Waals surface area contributed by atoms with Crippen molar-refractivity contribution in [2.75, 3.05) is 11.9 Å². The molecule has 1 aliphatic rings. The van der Waals surface area contributed by atoms with Crippen molar-refractivity contribution in [1.82, 2.24) is 0 Å². The van der Waals surface area contributed by atoms with Crippen LogP contribution in [0.1, 0.15) is 39.0 Å². The van der Waals surface area contributed by atoms with Crippen molar-refractivity contribution >= 4 is 24.0 Å². The molecule has 0 radical (unpaired) electrons. The van der Waals surface area contributed by atoms with E-state index >= 15 is 0 Å². The first kappa shape index (κ1) is 17.8. The summed E-state index contributed by atoms with van der Waals surface area (Å²) in [5.41, 5.74) is 6.26. The van der Waals surface area contributed by atoms with E-state index in [0.29, 0.717) is 12.6 Å². The maximum Gasteiger partial charge on any atom is 0.228 e. The van der Waals surface area contributed by atoms with Gasteiger partial charge in [-0.25, -0.2) is 0 Å². The molecule has 2 rings (SSSR count). The molecule has 0 saturated heterocycles. The van der Waals surface area contributed by atoms with Crippen molar-refractivity contribution in [2.24, 2.45) is 11.7 Å². The smallest absolute Gasteiger partial charge is 0.228 e. The molecule has 5 heteroatoms. The van der Waals surface area contributed by atoms with Crippen LogP contribution in [0.15, 0.2) is 24.3 Å². The molecule has 1 aromatic rings. The molecule has 1 fully saturated rings. The summed E-state index contributed by atoms with van der Waals surface area (Å²) in [6, 6.07) is 7.58. The minimum absolute atomic E-state index is 0. The number of ether oxygens (including phenoxy) is 1. The van der Waals surface area contributed by atoms with Gasteiger partial charge in [0.05, 0.1) is 6.10 Å². The normalized spacial score (nSPS) is 16.7. The average molecular weight is 313 g/mol. The average Bonchev–Trinajstić information content (AvgIpc) is 2.49. The highest BCUT2D eigenvalue weighted by Crippen LogP contribution is 2.24. The van der Waals surface area contributed by atoms with Gasteiger partial charge in [-0.2, -0.15) is 0 Å². The van der Waals surface area contributed by atoms with Crippen molar-refractivity contribution in [1.29, 1.82) is 0 Å². The van der Waals surface area contributed by atoms with E-state index in [0.717, 1.165) is 24.3 Å². The van der Waals surface area contributed by atoms with Crippen molar-refractivity contribution < 1.29 is 9.53 Å². The number of carbonyl (C=O) groups is 1. The molecule has 4 nitrogen and oxygen atoms in total. The summed E-state index contributed by atoms with van der Waals surface area (Å²) in [4.78, 5) is 11.7. The number of benzene rings is 1. The molecule has 0 bridgehead atoms. The van der Waals surface area contributed by atoms with Crippen LogP contribution >= 0.6 is 12.4 Å². The summed E-state index contributed by atoms with van der Waals surface area (Å²) in [5.74, 6) is 0.656. The predicted molar refractivity (Wildman–Crippen MR) is 88.0 cm³/mol. The monoisotopic (exact) mass is 312 g/mol. The Morgan fingerprint density at radius 1 is 1.29 bits per heavy atom. The Kier molecular flexibility index (Phi) is 7.54. The Morgan fingerprint density at radius 2 is 1.90 bits per heavy atom. The van der Waals surface area contributed by atoms with Crippen molar-refractivity contribution in [3.05, 3.63) is 24.3 Å². The summed E-state index contributed by atoms with van der Waals surface area (Å²) in [5, 5.41) is 2.85. The second-order valence-corrected chi connectivity index (χ2v) is 5.53. The SMILES string of the molecule is CC(CN)C(=O)Nc1ccc(OC2CCCCC2)cc1.Cl. The van der Waals surface area contributed by atoms with Crippen LogP contribution in [0.4, 0.5) is 5.69 Å². The van der Waals surface area contributed by atoms with E-state index in [9.17, 15) is 4.79 Å². The van der Waals surface area contributed by atoms with E-state index in [1.807, 2.05) is 31.2 Å². The molecule has 1 atom stereocenters. The van der Waals surface area contributed by atoms with Gasteiger partial charge in [0.2, 0.25) is 5.91 Å². The van der Waals surface area contributed by atoms with Crippen LogP contribution in [0.25, 0.3) is 0 Å². The lowest BCUT2D eigenvalue weighted by molar-refractivity contribution is -0.119. The third-order valence-corrected chi connectivity index (χ3v) is 3.78. The molecule has 1 aromatic carbocycles. The minimum Gasteiger partial charge on any atom is -0.490 e. The van der Waals surface area contributed by atoms with Crippen LogP contribution in [-0.4, -0.2) is 18.6 Å². The molecule has 21 heavy (non-hydrogen) atoms. The molecule has 118 valence electrons. The zero-order valence-corrected chi connectivity index (χ0v) is 13.3. The highest BCUT2D eigenvalue weighted by atomic mass is 35.5. The number of halogens is 1. The maximum atomic E-state index is 11.7. The van der Waals surface area contributed by atoms with Crippen molar-refractivity contribution in [3.8, 4) is 5.75 Å². The van der Waals surface area contributed by atoms with Crippen LogP contribution in [0, 0.1) is 5.92 Å². The fourth-order valence-corrected chi connectivity index (χ4v) is 2.36. The molecular weight excluding hydrogens is 288 g/mol. The van der Waals surface area contributed by atoms with Crippen LogP contribution in [0.3, 0.4) is 0 Å². The van der Waals surface area contributed by atoms with Gasteiger partial charge in [-0.3, -0.25) is 4.79 Å². The van der Waals surface area contributed by atoms with Gasteiger partial charge in [-0.1, -0.05) is 13.3 Å². The summed E-state index contributed by atoms with van der Waals surface area (Å²) in [6.07, 6.45) is 6.48. The summed E-state index contributed by atoms with van der Waals surface area (Å²) >= 11 is 0. The standard InChI is InChI=1S/C16H24N2O2.ClH/c1-12(11-17)16(19)18-13-7-9-15(10-8-13)20-14-5-3-2-4-6-14;/h7-10,12,14H,2-6,11,17H2,1H3,(H,18,19);1H. The zero-order valence-electron chi connectivity index (χ0n) is 12.5. The summed E-state index contributed by atoms with van der Waals surface area (Å²) < 4.78 is 5.95. The van der Waals surface area contributed by atoms with Crippen LogP contribution in [-0.2, 0) is 4.79 Å². The van der Waals surface area contributed by atoms with Gasteiger partial charge in [0, 0.05) is 18.2 Å². The highest BCUT2D eigenvalue weighted by Gasteiger charge is 2.15. The number of amides is 1. The molecule has 0 aromatic heterocycles. The first-order valence-electron chi connectivity index (χ1n) is 7.46. The minimum atomic E-state index is -0.173. The van der Waals surface area contributed by atoms with Crippen molar-refractivity contribution in [3.63, 3.8) is 0 Å². The lowest BCUT2D eigenvalue weighted by Gasteiger charge is -2.23. The Hall–Kier alpha value is -1.26. The molecule has 1 saturated carbocycles. The number of hydrogen-bond acceptors (Lipinski definition) is 3. The number of hydrogen-bond donors (Lipinski definition) is 2. The van der Waals surface area contributed by atoms with E-state index in [1.165, 1.54) is 19.3 Å². The largest absolute Gasteiger partial charge is 0.490 e. The van der Waals surface area contributed by atoms with Crippen LogP contribution in [0.2, 0.25) is 0 Å². The Bertz CT molecular complexity index is 430. The number of anilines is 1. The molecule has 1 unspecified atom stereocenters. The topological polar surface area (TPSA) is 64.4 Å². The Labute approximate surface area is 132 Å². The summed E-state index contributed by atoms with van der Waals surface area (Å²) in [7, 11) is 0. The summed E-state index contributed by atoms with van der Waals surface area (Å²) in [6.45, 7) is 2.17. The van der Waals surface area contributed by atoms with Gasteiger partial charge in [0.15, 0.2) is 0 Å². The molecule has 0 spiro atoms. The van der Waals surface area contributed by atoms with E-state index in [4.69, 9.17) is 10.5 Å². The van der Waals surface area contributed by atoms with Gasteiger partial charge >= 0.3 is 0 Å². The van der Waals surface area contributed by atoms with Gasteiger partial charge in [0.1, 0.15) is 5.75 Å². The first-order valence-corrected chi connectivity index (χ1v) is 7.46. The Morgan fingerprint density at radius 3 is 2.48 bits per heavy atom. The fraction of sp³-hybridized carbons (Fsp3) is 0.562. The van der Waals surface area contributed by atoms with Crippen LogP contribution in [0.5, 0.6) is 5.75 Å². The quantitative estimate of drug-likeness (QED) is 0.876. The fourth-order valence-electron chi connectivity index (χ4n) is 2.36. The number of nitrogens with two attached hydrogens (primary N) is 1. The Balaban J connectivity index is 0.00000220. The van der Waals surface area contributed by atoms with Gasteiger partial charge in [-0.15, -0.1) is 12.4 Å². The van der Waals surface area contributed by atoms with E-state index in [1.54, 1.807) is 0 Å². The maximum absolute atomic E-state index is 11.7. The highest BCUT2D eigenvalue weighted by molar-refractivity contribution is 5.92. The molecule has 0 aliphatic heterocycles. The van der Waals surface area contributed by atoms with Gasteiger partial charge < -0.3 is 15.8 Å². The number of nitrogens with one attached hydrogen (secondary N) is 1. The van der Waals surface area contributed by atoms with Gasteiger partial charge in [-0.05, 0) is 49.9 Å². The second kappa shape index (κ2) is 8.90. The first-order chi connectivity index (χ1) is 9.69. The molecule has 1 aliphatic carbocycles.